The average Bonchev–Trinajstić information content (AvgIpc) is 3.41. The number of benzene rings is 2. The molecule has 9 heterocycles. The molecule has 6 aliphatic heterocycles. The molecule has 0 aliphatic carbocycles. The summed E-state index contributed by atoms with van der Waals surface area (Å²) in [6.45, 7) is 15.5. The van der Waals surface area contributed by atoms with Crippen LogP contribution in [-0.2, 0) is 19.1 Å². The van der Waals surface area contributed by atoms with E-state index in [0.717, 1.165) is 132 Å². The molecular weight excluding hydrogens is 949 g/mol. The predicted molar refractivity (Wildman–Crippen MR) is 284 cm³/mol. The molecule has 0 saturated carbocycles. The lowest BCUT2D eigenvalue weighted by Gasteiger charge is -2.52. The highest BCUT2D eigenvalue weighted by Crippen LogP contribution is 2.47. The van der Waals surface area contributed by atoms with Gasteiger partial charge in [-0.2, -0.15) is 23.5 Å². The number of hydrogen-bond donors (Lipinski definition) is 0. The van der Waals surface area contributed by atoms with E-state index >= 15 is 0 Å². The number of carbonyl (C=O) groups excluding carboxylic acids is 2. The van der Waals surface area contributed by atoms with Crippen molar-refractivity contribution in [2.24, 2.45) is 23.7 Å². The molecule has 2 aromatic carbocycles. The van der Waals surface area contributed by atoms with Crippen LogP contribution in [-0.4, -0.2) is 131 Å². The Kier molecular flexibility index (Phi) is 17.2. The Morgan fingerprint density at radius 1 is 0.639 bits per heavy atom. The predicted octanol–water partition coefficient (Wildman–Crippen LogP) is 9.74. The first-order valence-corrected chi connectivity index (χ1v) is 27.7. The van der Waals surface area contributed by atoms with E-state index in [1.165, 1.54) is 0 Å². The standard InChI is InChI=1S/C56H68N6O8S2/c1-35(2)55(63)67-23-27-71-25-17-39-33-61-21-15-37(39)29-49(61)53(43-13-19-57-47-9-7-41(65-5)31-45(43)47)69-51-11-12-52(60-59-51)70-54(44-14-20-58-48-10-8-42(66-6)32-46(44)48)50-30-38-16-22-62(50)34-40(38)18-26-72-28-24-68-56(64)36(3)4/h7-14,19-20,31-32,37-40,49-50,53-54H,1,3,15-18,21-30,33-34H2,2,4-6H3/t37-,38?,39?,40?,49?,50+,53-,54-/m1/s1. The summed E-state index contributed by atoms with van der Waals surface area (Å²) in [5.74, 6) is 7.59. The fourth-order valence-electron chi connectivity index (χ4n) is 11.4. The molecule has 5 aromatic rings. The number of thioether (sulfide) groups is 2. The van der Waals surface area contributed by atoms with Gasteiger partial charge in [0.05, 0.1) is 37.3 Å². The minimum absolute atomic E-state index is 0.106. The van der Waals surface area contributed by atoms with Crippen molar-refractivity contribution in [3.05, 3.63) is 108 Å². The summed E-state index contributed by atoms with van der Waals surface area (Å²) in [4.78, 5) is 38.4. The Bertz CT molecular complexity index is 2530. The van der Waals surface area contributed by atoms with Crippen molar-refractivity contribution >= 4 is 57.3 Å². The Morgan fingerprint density at radius 2 is 1.08 bits per heavy atom. The minimum atomic E-state index is -0.355. The Balaban J connectivity index is 0.926. The monoisotopic (exact) mass is 1020 g/mol. The quantitative estimate of drug-likeness (QED) is 0.0328. The van der Waals surface area contributed by atoms with Gasteiger partial charge >= 0.3 is 11.9 Å². The average molecular weight is 1020 g/mol. The summed E-state index contributed by atoms with van der Waals surface area (Å²) >= 11 is 3.68. The van der Waals surface area contributed by atoms with Gasteiger partial charge in [-0.3, -0.25) is 19.8 Å². The van der Waals surface area contributed by atoms with E-state index in [-0.39, 0.29) is 36.2 Å². The lowest BCUT2D eigenvalue weighted by Crippen LogP contribution is -2.56. The zero-order valence-electron chi connectivity index (χ0n) is 42.0. The van der Waals surface area contributed by atoms with Crippen LogP contribution in [0.2, 0.25) is 0 Å². The number of esters is 2. The summed E-state index contributed by atoms with van der Waals surface area (Å²) in [5, 5.41) is 11.5. The molecule has 6 fully saturated rings. The van der Waals surface area contributed by atoms with Gasteiger partial charge < -0.3 is 28.4 Å². The maximum Gasteiger partial charge on any atom is 0.333 e. The Morgan fingerprint density at radius 3 is 1.46 bits per heavy atom. The van der Waals surface area contributed by atoms with E-state index in [0.29, 0.717) is 59.8 Å². The number of carbonyl (C=O) groups is 2. The molecule has 16 heteroatoms. The largest absolute Gasteiger partial charge is 0.497 e. The number of aromatic nitrogens is 4. The van der Waals surface area contributed by atoms with Gasteiger partial charge in [-0.1, -0.05) is 13.2 Å². The number of methoxy groups -OCH3 is 2. The van der Waals surface area contributed by atoms with Crippen molar-refractivity contribution in [1.29, 1.82) is 0 Å². The first-order chi connectivity index (χ1) is 35.1. The summed E-state index contributed by atoms with van der Waals surface area (Å²) in [7, 11) is 3.38. The fourth-order valence-corrected chi connectivity index (χ4v) is 13.1. The number of rotatable bonds is 24. The highest BCUT2D eigenvalue weighted by atomic mass is 32.2. The van der Waals surface area contributed by atoms with Crippen LogP contribution in [0.5, 0.6) is 23.3 Å². The molecule has 0 spiro atoms. The van der Waals surface area contributed by atoms with Crippen molar-refractivity contribution in [3.63, 3.8) is 0 Å². The van der Waals surface area contributed by atoms with Crippen LogP contribution < -0.4 is 18.9 Å². The van der Waals surface area contributed by atoms with Crippen LogP contribution in [0.25, 0.3) is 21.8 Å². The van der Waals surface area contributed by atoms with Gasteiger partial charge in [0.15, 0.2) is 0 Å². The molecule has 72 heavy (non-hydrogen) atoms. The summed E-state index contributed by atoms with van der Waals surface area (Å²) in [6.07, 6.45) is 9.55. The zero-order chi connectivity index (χ0) is 50.1. The zero-order valence-corrected chi connectivity index (χ0v) is 43.7. The molecule has 0 radical (unpaired) electrons. The van der Waals surface area contributed by atoms with Gasteiger partial charge in [-0.25, -0.2) is 9.59 Å². The van der Waals surface area contributed by atoms with Crippen molar-refractivity contribution in [3.8, 4) is 23.3 Å². The molecule has 0 N–H and O–H groups in total. The third-order valence-corrected chi connectivity index (χ3v) is 17.1. The first kappa shape index (κ1) is 51.5. The molecule has 10 atom stereocenters. The Labute approximate surface area is 432 Å². The first-order valence-electron chi connectivity index (χ1n) is 25.4. The molecule has 0 amide bonds. The fraction of sp³-hybridized carbons (Fsp3) is 0.500. The molecule has 6 saturated heterocycles. The summed E-state index contributed by atoms with van der Waals surface area (Å²) in [6, 6.07) is 20.2. The summed E-state index contributed by atoms with van der Waals surface area (Å²) < 4.78 is 36.2. The van der Waals surface area contributed by atoms with Gasteiger partial charge in [0.2, 0.25) is 11.8 Å². The second kappa shape index (κ2) is 24.1. The number of pyridine rings is 2. The van der Waals surface area contributed by atoms with Crippen molar-refractivity contribution in [1.82, 2.24) is 30.0 Å². The van der Waals surface area contributed by atoms with E-state index in [1.54, 1.807) is 28.1 Å². The topological polar surface area (TPSA) is 148 Å². The third-order valence-electron chi connectivity index (χ3n) is 15.1. The lowest BCUT2D eigenvalue weighted by molar-refractivity contribution is -0.139. The summed E-state index contributed by atoms with van der Waals surface area (Å²) in [5.41, 5.74) is 4.69. The normalized spacial score (nSPS) is 24.1. The number of fused-ring (bicyclic) bond motifs is 8. The molecule has 4 bridgehead atoms. The van der Waals surface area contributed by atoms with E-state index in [9.17, 15) is 9.59 Å². The van der Waals surface area contributed by atoms with Crippen LogP contribution in [0.3, 0.4) is 0 Å². The second-order valence-corrected chi connectivity index (χ2v) is 22.2. The van der Waals surface area contributed by atoms with E-state index in [2.05, 4.69) is 47.2 Å². The van der Waals surface area contributed by atoms with E-state index < -0.39 is 0 Å². The maximum absolute atomic E-state index is 11.8. The van der Waals surface area contributed by atoms with Crippen LogP contribution in [0.1, 0.15) is 75.7 Å². The van der Waals surface area contributed by atoms with Gasteiger partial charge in [-0.05, 0) is 149 Å². The highest BCUT2D eigenvalue weighted by molar-refractivity contribution is 7.99. The van der Waals surface area contributed by atoms with Crippen molar-refractivity contribution in [2.45, 2.75) is 76.7 Å². The third kappa shape index (κ3) is 12.2. The minimum Gasteiger partial charge on any atom is -0.497 e. The van der Waals surface area contributed by atoms with Crippen molar-refractivity contribution in [2.75, 3.05) is 76.6 Å². The molecular formula is C56H68N6O8S2. The molecule has 11 rings (SSSR count). The molecule has 14 nitrogen and oxygen atoms in total. The molecule has 382 valence electrons. The number of hydrogen-bond acceptors (Lipinski definition) is 16. The van der Waals surface area contributed by atoms with Gasteiger partial charge in [0.1, 0.15) is 36.9 Å². The van der Waals surface area contributed by atoms with Crippen LogP contribution in [0.15, 0.2) is 97.4 Å². The number of piperidine rings is 6. The van der Waals surface area contributed by atoms with Gasteiger partial charge in [0, 0.05) is 82.2 Å². The van der Waals surface area contributed by atoms with Crippen LogP contribution in [0, 0.1) is 23.7 Å². The van der Waals surface area contributed by atoms with Crippen LogP contribution >= 0.6 is 23.5 Å². The van der Waals surface area contributed by atoms with Crippen molar-refractivity contribution < 1.29 is 38.0 Å². The second-order valence-electron chi connectivity index (χ2n) is 19.7. The number of nitrogens with zero attached hydrogens (tertiary/aromatic N) is 6. The maximum atomic E-state index is 11.8. The SMILES string of the molecule is C=C(C)C(=O)OCCSCCC1CN2CCC1C[C@H]2[C@H](Oc1ccc(O[C@H](c2ccnc3ccc(OC)cc23)C2C[C@H]3CCN2CC3CCSCCOC(=O)C(=C)C)nn1)c1ccnc2ccc(OC)cc12. The molecule has 3 aromatic heterocycles. The van der Waals surface area contributed by atoms with E-state index in [1.807, 2.05) is 72.3 Å². The van der Waals surface area contributed by atoms with E-state index in [4.69, 9.17) is 48.6 Å². The molecule has 6 unspecified atom stereocenters. The highest BCUT2D eigenvalue weighted by Gasteiger charge is 2.46. The van der Waals surface area contributed by atoms with Gasteiger partial charge in [0.25, 0.3) is 0 Å². The Hall–Kier alpha value is -5.42. The number of ether oxygens (including phenoxy) is 6. The van der Waals surface area contributed by atoms with Gasteiger partial charge in [-0.15, -0.1) is 10.2 Å². The molecule has 6 aliphatic rings. The smallest absolute Gasteiger partial charge is 0.333 e. The lowest BCUT2D eigenvalue weighted by atomic mass is 9.72. The van der Waals surface area contributed by atoms with Crippen LogP contribution in [0.4, 0.5) is 0 Å².